The standard InChI is InChI=1S/C25H30N4O3/c1-31-20-11-16(12-21(15-20)32-2)3-5-19-14-24(29-28-19)23-13-18(4-6-22(23)25(26)30)17-7-9-27-10-8-17/h4,6,11-15,17,27H,3,5,7-10H2,1-2H3,(H2,26,30)(H,28,29). The Bertz CT molecular complexity index is 1060. The first-order valence-corrected chi connectivity index (χ1v) is 11.0. The number of aryl methyl sites for hydroxylation is 2. The molecule has 4 N–H and O–H groups in total. The monoisotopic (exact) mass is 434 g/mol. The van der Waals surface area contributed by atoms with E-state index in [1.54, 1.807) is 14.2 Å². The van der Waals surface area contributed by atoms with Gasteiger partial charge in [0, 0.05) is 22.9 Å². The molecule has 0 atom stereocenters. The second kappa shape index (κ2) is 9.87. The highest BCUT2D eigenvalue weighted by molar-refractivity contribution is 5.99. The number of nitrogens with zero attached hydrogens (tertiary/aromatic N) is 1. The van der Waals surface area contributed by atoms with Crippen LogP contribution in [0.3, 0.4) is 0 Å². The van der Waals surface area contributed by atoms with E-state index < -0.39 is 5.91 Å². The SMILES string of the molecule is COc1cc(CCc2cc(-c3cc(C4CCNCC4)ccc3C(N)=O)n[nH]2)cc(OC)c1. The number of nitrogens with two attached hydrogens (primary N) is 1. The van der Waals surface area contributed by atoms with E-state index in [4.69, 9.17) is 15.2 Å². The number of aromatic amines is 1. The van der Waals surface area contributed by atoms with Gasteiger partial charge in [-0.3, -0.25) is 9.89 Å². The van der Waals surface area contributed by atoms with Gasteiger partial charge in [0.2, 0.25) is 5.91 Å². The Morgan fingerprint density at radius 1 is 1.03 bits per heavy atom. The molecule has 168 valence electrons. The van der Waals surface area contributed by atoms with Crippen molar-refractivity contribution >= 4 is 5.91 Å². The Kier molecular flexibility index (Phi) is 6.75. The van der Waals surface area contributed by atoms with Gasteiger partial charge in [0.25, 0.3) is 0 Å². The van der Waals surface area contributed by atoms with E-state index in [0.717, 1.165) is 72.8 Å². The molecule has 1 fully saturated rings. The molecular formula is C25H30N4O3. The number of benzene rings is 2. The molecule has 1 aliphatic heterocycles. The Morgan fingerprint density at radius 2 is 1.75 bits per heavy atom. The van der Waals surface area contributed by atoms with Gasteiger partial charge >= 0.3 is 0 Å². The van der Waals surface area contributed by atoms with Crippen LogP contribution in [-0.2, 0) is 12.8 Å². The number of aromatic nitrogens is 2. The molecule has 1 aromatic heterocycles. The second-order valence-electron chi connectivity index (χ2n) is 8.19. The number of nitrogens with one attached hydrogen (secondary N) is 2. The van der Waals surface area contributed by atoms with E-state index in [9.17, 15) is 4.79 Å². The minimum absolute atomic E-state index is 0.440. The highest BCUT2D eigenvalue weighted by Gasteiger charge is 2.19. The van der Waals surface area contributed by atoms with Crippen molar-refractivity contribution in [3.05, 3.63) is 64.8 Å². The summed E-state index contributed by atoms with van der Waals surface area (Å²) >= 11 is 0. The first-order chi connectivity index (χ1) is 15.6. The summed E-state index contributed by atoms with van der Waals surface area (Å²) in [6.45, 7) is 2.03. The Labute approximate surface area is 188 Å². The summed E-state index contributed by atoms with van der Waals surface area (Å²) in [4.78, 5) is 12.1. The van der Waals surface area contributed by atoms with Gasteiger partial charge in [-0.1, -0.05) is 6.07 Å². The van der Waals surface area contributed by atoms with Crippen LogP contribution in [0.15, 0.2) is 42.5 Å². The highest BCUT2D eigenvalue weighted by Crippen LogP contribution is 2.31. The van der Waals surface area contributed by atoms with Crippen molar-refractivity contribution in [2.75, 3.05) is 27.3 Å². The van der Waals surface area contributed by atoms with Crippen LogP contribution in [0.5, 0.6) is 11.5 Å². The number of hydrogen-bond acceptors (Lipinski definition) is 5. The number of methoxy groups -OCH3 is 2. The van der Waals surface area contributed by atoms with Gasteiger partial charge in [0.1, 0.15) is 11.5 Å². The number of primary amides is 1. The molecule has 0 bridgehead atoms. The van der Waals surface area contributed by atoms with E-state index >= 15 is 0 Å². The maximum Gasteiger partial charge on any atom is 0.249 e. The third-order valence-corrected chi connectivity index (χ3v) is 6.12. The molecule has 0 radical (unpaired) electrons. The van der Waals surface area contributed by atoms with Gasteiger partial charge in [0.15, 0.2) is 0 Å². The number of rotatable bonds is 8. The van der Waals surface area contributed by atoms with Crippen molar-refractivity contribution in [2.45, 2.75) is 31.6 Å². The normalized spacial score (nSPS) is 14.3. The largest absolute Gasteiger partial charge is 0.497 e. The van der Waals surface area contributed by atoms with Crippen LogP contribution < -0.4 is 20.5 Å². The number of ether oxygens (including phenoxy) is 2. The van der Waals surface area contributed by atoms with E-state index in [0.29, 0.717) is 11.5 Å². The molecule has 7 nitrogen and oxygen atoms in total. The fourth-order valence-electron chi connectivity index (χ4n) is 4.32. The Morgan fingerprint density at radius 3 is 2.41 bits per heavy atom. The van der Waals surface area contributed by atoms with Crippen LogP contribution in [0, 0.1) is 0 Å². The van der Waals surface area contributed by atoms with Crippen LogP contribution in [0.4, 0.5) is 0 Å². The van der Waals surface area contributed by atoms with Gasteiger partial charge < -0.3 is 20.5 Å². The summed E-state index contributed by atoms with van der Waals surface area (Å²) in [7, 11) is 3.29. The molecule has 7 heteroatoms. The average molecular weight is 435 g/mol. The predicted octanol–water partition coefficient (Wildman–Crippen LogP) is 3.45. The molecule has 3 aromatic rings. The molecule has 1 amide bonds. The smallest absolute Gasteiger partial charge is 0.249 e. The lowest BCUT2D eigenvalue weighted by Crippen LogP contribution is -2.26. The van der Waals surface area contributed by atoms with Crippen molar-refractivity contribution in [1.82, 2.24) is 15.5 Å². The molecule has 0 spiro atoms. The topological polar surface area (TPSA) is 102 Å². The summed E-state index contributed by atoms with van der Waals surface area (Å²) in [5.41, 5.74) is 11.0. The maximum atomic E-state index is 12.1. The van der Waals surface area contributed by atoms with Crippen LogP contribution >= 0.6 is 0 Å². The number of hydrogen-bond donors (Lipinski definition) is 3. The molecule has 0 unspecified atom stereocenters. The second-order valence-corrected chi connectivity index (χ2v) is 8.19. The summed E-state index contributed by atoms with van der Waals surface area (Å²) in [6.07, 6.45) is 3.74. The molecule has 32 heavy (non-hydrogen) atoms. The predicted molar refractivity (Wildman–Crippen MR) is 124 cm³/mol. The molecule has 0 saturated carbocycles. The van der Waals surface area contributed by atoms with Crippen molar-refractivity contribution in [3.8, 4) is 22.8 Å². The van der Waals surface area contributed by atoms with E-state index in [-0.39, 0.29) is 0 Å². The number of amides is 1. The summed E-state index contributed by atoms with van der Waals surface area (Å²) in [5.74, 6) is 1.58. The summed E-state index contributed by atoms with van der Waals surface area (Å²) < 4.78 is 10.7. The zero-order valence-corrected chi connectivity index (χ0v) is 18.6. The van der Waals surface area contributed by atoms with Crippen LogP contribution in [-0.4, -0.2) is 43.4 Å². The van der Waals surface area contributed by atoms with Crippen molar-refractivity contribution in [1.29, 1.82) is 0 Å². The van der Waals surface area contributed by atoms with E-state index in [2.05, 4.69) is 21.6 Å². The number of H-pyrrole nitrogens is 1. The van der Waals surface area contributed by atoms with Gasteiger partial charge in [-0.15, -0.1) is 0 Å². The third kappa shape index (κ3) is 4.94. The highest BCUT2D eigenvalue weighted by atomic mass is 16.5. The molecule has 2 aromatic carbocycles. The lowest BCUT2D eigenvalue weighted by atomic mass is 9.87. The molecule has 4 rings (SSSR count). The minimum Gasteiger partial charge on any atom is -0.497 e. The van der Waals surface area contributed by atoms with Crippen LogP contribution in [0.1, 0.15) is 45.9 Å². The number of carbonyl (C=O) groups is 1. The fourth-order valence-corrected chi connectivity index (χ4v) is 4.32. The van der Waals surface area contributed by atoms with E-state index in [1.807, 2.05) is 36.4 Å². The summed E-state index contributed by atoms with van der Waals surface area (Å²) in [6, 6.07) is 13.8. The fraction of sp³-hybridized carbons (Fsp3) is 0.360. The molecule has 2 heterocycles. The van der Waals surface area contributed by atoms with Crippen molar-refractivity contribution in [2.24, 2.45) is 5.73 Å². The molecule has 1 aliphatic rings. The molecular weight excluding hydrogens is 404 g/mol. The van der Waals surface area contributed by atoms with Crippen LogP contribution in [0.2, 0.25) is 0 Å². The number of carbonyl (C=O) groups excluding carboxylic acids is 1. The first kappa shape index (κ1) is 21.9. The van der Waals surface area contributed by atoms with E-state index in [1.165, 1.54) is 5.56 Å². The van der Waals surface area contributed by atoms with Crippen molar-refractivity contribution in [3.63, 3.8) is 0 Å². The zero-order valence-electron chi connectivity index (χ0n) is 18.6. The quantitative estimate of drug-likeness (QED) is 0.504. The summed E-state index contributed by atoms with van der Waals surface area (Å²) in [5, 5.41) is 11.0. The molecule has 1 saturated heterocycles. The van der Waals surface area contributed by atoms with Gasteiger partial charge in [-0.2, -0.15) is 5.10 Å². The van der Waals surface area contributed by atoms with Crippen LogP contribution in [0.25, 0.3) is 11.3 Å². The van der Waals surface area contributed by atoms with Gasteiger partial charge in [0.05, 0.1) is 19.9 Å². The molecule has 0 aliphatic carbocycles. The minimum atomic E-state index is -0.440. The van der Waals surface area contributed by atoms with Gasteiger partial charge in [-0.25, -0.2) is 0 Å². The lowest BCUT2D eigenvalue weighted by Gasteiger charge is -2.23. The Balaban J connectivity index is 1.55. The average Bonchev–Trinajstić information content (AvgIpc) is 3.31. The van der Waals surface area contributed by atoms with Gasteiger partial charge in [-0.05, 0) is 86.1 Å². The first-order valence-electron chi connectivity index (χ1n) is 11.0. The third-order valence-electron chi connectivity index (χ3n) is 6.12. The van der Waals surface area contributed by atoms with Crippen molar-refractivity contribution < 1.29 is 14.3 Å². The lowest BCUT2D eigenvalue weighted by molar-refractivity contribution is 0.100. The Hall–Kier alpha value is -3.32. The number of piperidine rings is 1. The zero-order chi connectivity index (χ0) is 22.5. The maximum absolute atomic E-state index is 12.1.